The Morgan fingerprint density at radius 3 is 2.87 bits per heavy atom. The molecule has 2 nitrogen and oxygen atoms in total. The van der Waals surface area contributed by atoms with Crippen molar-refractivity contribution in [1.29, 1.82) is 0 Å². The quantitative estimate of drug-likeness (QED) is 0.740. The fraction of sp³-hybridized carbons (Fsp3) is 0.0909. The molecule has 4 heteroatoms. The molecule has 0 fully saturated rings. The number of aromatic nitrogens is 2. The highest BCUT2D eigenvalue weighted by Crippen LogP contribution is 2.27. The van der Waals surface area contributed by atoms with Crippen LogP contribution in [0.1, 0.15) is 5.56 Å². The summed E-state index contributed by atoms with van der Waals surface area (Å²) in [6.45, 7) is 1.88. The second-order valence-electron chi connectivity index (χ2n) is 3.18. The lowest BCUT2D eigenvalue weighted by molar-refractivity contribution is 0.628. The second kappa shape index (κ2) is 3.95. The van der Waals surface area contributed by atoms with Gasteiger partial charge in [0.2, 0.25) is 0 Å². The lowest BCUT2D eigenvalue weighted by atomic mass is 10.1. The third-order valence-electron chi connectivity index (χ3n) is 2.12. The maximum atomic E-state index is 13.1. The number of halogens is 2. The first-order chi connectivity index (χ1) is 7.18. The molecule has 0 atom stereocenters. The van der Waals surface area contributed by atoms with E-state index in [4.69, 9.17) is 11.6 Å². The molecule has 2 rings (SSSR count). The number of hydrogen-bond donors (Lipinski definition) is 0. The first kappa shape index (κ1) is 10.1. The van der Waals surface area contributed by atoms with Crippen molar-refractivity contribution in [2.45, 2.75) is 6.92 Å². The summed E-state index contributed by atoms with van der Waals surface area (Å²) in [5.74, 6) is -0.301. The molecule has 15 heavy (non-hydrogen) atoms. The molecule has 0 spiro atoms. The molecule has 1 aromatic heterocycles. The Bertz CT molecular complexity index is 500. The number of rotatable bonds is 1. The van der Waals surface area contributed by atoms with Gasteiger partial charge >= 0.3 is 0 Å². The maximum absolute atomic E-state index is 13.1. The van der Waals surface area contributed by atoms with Crippen LogP contribution in [0.15, 0.2) is 30.7 Å². The zero-order valence-electron chi connectivity index (χ0n) is 8.04. The Morgan fingerprint density at radius 2 is 2.13 bits per heavy atom. The molecule has 0 saturated heterocycles. The summed E-state index contributed by atoms with van der Waals surface area (Å²) in [5.41, 5.74) is 2.18. The van der Waals surface area contributed by atoms with E-state index in [-0.39, 0.29) is 5.82 Å². The van der Waals surface area contributed by atoms with Crippen LogP contribution in [-0.2, 0) is 0 Å². The molecule has 0 unspecified atom stereocenters. The van der Waals surface area contributed by atoms with Crippen molar-refractivity contribution in [1.82, 2.24) is 9.97 Å². The monoisotopic (exact) mass is 222 g/mol. The number of hydrogen-bond acceptors (Lipinski definition) is 2. The molecular weight excluding hydrogens is 215 g/mol. The minimum Gasteiger partial charge on any atom is -0.243 e. The van der Waals surface area contributed by atoms with Crippen LogP contribution in [0.5, 0.6) is 0 Å². The fourth-order valence-electron chi connectivity index (χ4n) is 1.36. The fourth-order valence-corrected chi connectivity index (χ4v) is 1.57. The zero-order valence-corrected chi connectivity index (χ0v) is 8.79. The smallest absolute Gasteiger partial charge is 0.123 e. The standard InChI is InChI=1S/C11H8ClFN2/c1-7-2-3-8(13)4-9(7)11-10(12)5-14-6-15-11/h2-6H,1H3. The molecular formula is C11H8ClFN2. The van der Waals surface area contributed by atoms with Gasteiger partial charge < -0.3 is 0 Å². The van der Waals surface area contributed by atoms with Gasteiger partial charge in [-0.15, -0.1) is 0 Å². The predicted molar refractivity (Wildman–Crippen MR) is 57.2 cm³/mol. The minimum atomic E-state index is -0.301. The Hall–Kier alpha value is -1.48. The summed E-state index contributed by atoms with van der Waals surface area (Å²) >= 11 is 5.94. The van der Waals surface area contributed by atoms with Gasteiger partial charge in [0, 0.05) is 11.8 Å². The summed E-state index contributed by atoms with van der Waals surface area (Å²) in [5, 5.41) is 0.422. The molecule has 0 aliphatic rings. The molecule has 1 heterocycles. The van der Waals surface area contributed by atoms with Crippen LogP contribution in [0.4, 0.5) is 4.39 Å². The third kappa shape index (κ3) is 1.97. The van der Waals surface area contributed by atoms with Crippen molar-refractivity contribution >= 4 is 11.6 Å². The first-order valence-electron chi connectivity index (χ1n) is 4.40. The first-order valence-corrected chi connectivity index (χ1v) is 4.78. The molecule has 0 amide bonds. The van der Waals surface area contributed by atoms with Gasteiger partial charge in [-0.1, -0.05) is 17.7 Å². The van der Waals surface area contributed by atoms with E-state index >= 15 is 0 Å². The van der Waals surface area contributed by atoms with Crippen LogP contribution in [-0.4, -0.2) is 9.97 Å². The number of benzene rings is 1. The van der Waals surface area contributed by atoms with Gasteiger partial charge in [0.15, 0.2) is 0 Å². The van der Waals surface area contributed by atoms with Crippen molar-refractivity contribution in [2.75, 3.05) is 0 Å². The summed E-state index contributed by atoms with van der Waals surface area (Å²) in [6, 6.07) is 4.53. The van der Waals surface area contributed by atoms with E-state index in [1.807, 2.05) is 6.92 Å². The van der Waals surface area contributed by atoms with E-state index in [2.05, 4.69) is 9.97 Å². The van der Waals surface area contributed by atoms with Gasteiger partial charge in [0.05, 0.1) is 10.7 Å². The number of nitrogens with zero attached hydrogens (tertiary/aromatic N) is 2. The molecule has 0 saturated carbocycles. The average molecular weight is 223 g/mol. The van der Waals surface area contributed by atoms with Crippen molar-refractivity contribution < 1.29 is 4.39 Å². The van der Waals surface area contributed by atoms with Gasteiger partial charge in [-0.2, -0.15) is 0 Å². The Kier molecular flexibility index (Phi) is 2.64. The van der Waals surface area contributed by atoms with Crippen molar-refractivity contribution in [2.24, 2.45) is 0 Å². The van der Waals surface area contributed by atoms with Crippen LogP contribution < -0.4 is 0 Å². The molecule has 0 N–H and O–H groups in total. The molecule has 0 bridgehead atoms. The van der Waals surface area contributed by atoms with Crippen molar-refractivity contribution in [3.63, 3.8) is 0 Å². The van der Waals surface area contributed by atoms with E-state index < -0.39 is 0 Å². The van der Waals surface area contributed by atoms with Crippen molar-refractivity contribution in [3.8, 4) is 11.3 Å². The summed E-state index contributed by atoms with van der Waals surface area (Å²) < 4.78 is 13.1. The Balaban J connectivity index is 2.64. The maximum Gasteiger partial charge on any atom is 0.123 e. The van der Waals surface area contributed by atoms with Gasteiger partial charge in [-0.25, -0.2) is 14.4 Å². The van der Waals surface area contributed by atoms with Crippen LogP contribution in [0, 0.1) is 12.7 Å². The minimum absolute atomic E-state index is 0.301. The summed E-state index contributed by atoms with van der Waals surface area (Å²) in [7, 11) is 0. The molecule has 2 aromatic rings. The predicted octanol–water partition coefficient (Wildman–Crippen LogP) is 3.24. The Labute approximate surface area is 91.8 Å². The summed E-state index contributed by atoms with van der Waals surface area (Å²) in [6.07, 6.45) is 2.89. The average Bonchev–Trinajstić information content (AvgIpc) is 2.23. The van der Waals surface area contributed by atoms with Gasteiger partial charge in [0.1, 0.15) is 12.1 Å². The van der Waals surface area contributed by atoms with Crippen molar-refractivity contribution in [3.05, 3.63) is 47.1 Å². The molecule has 1 aromatic carbocycles. The summed E-state index contributed by atoms with van der Waals surface area (Å²) in [4.78, 5) is 7.83. The third-order valence-corrected chi connectivity index (χ3v) is 2.40. The molecule has 76 valence electrons. The van der Waals surface area contributed by atoms with E-state index in [1.54, 1.807) is 6.07 Å². The second-order valence-corrected chi connectivity index (χ2v) is 3.59. The number of aryl methyl sites for hydroxylation is 1. The highest BCUT2D eigenvalue weighted by molar-refractivity contribution is 6.32. The topological polar surface area (TPSA) is 25.8 Å². The molecule has 0 aliphatic heterocycles. The van der Waals surface area contributed by atoms with Gasteiger partial charge in [-0.05, 0) is 24.6 Å². The zero-order chi connectivity index (χ0) is 10.8. The van der Waals surface area contributed by atoms with Gasteiger partial charge in [-0.3, -0.25) is 0 Å². The van der Waals surface area contributed by atoms with E-state index in [0.717, 1.165) is 5.56 Å². The SMILES string of the molecule is Cc1ccc(F)cc1-c1ncncc1Cl. The van der Waals surface area contributed by atoms with Crippen LogP contribution in [0.3, 0.4) is 0 Å². The van der Waals surface area contributed by atoms with E-state index in [0.29, 0.717) is 16.3 Å². The normalized spacial score (nSPS) is 10.3. The van der Waals surface area contributed by atoms with Gasteiger partial charge in [0.25, 0.3) is 0 Å². The molecule has 0 radical (unpaired) electrons. The Morgan fingerprint density at radius 1 is 1.33 bits per heavy atom. The van der Waals surface area contributed by atoms with Crippen LogP contribution >= 0.6 is 11.6 Å². The van der Waals surface area contributed by atoms with Crippen LogP contribution in [0.25, 0.3) is 11.3 Å². The van der Waals surface area contributed by atoms with E-state index in [1.165, 1.54) is 24.7 Å². The molecule has 0 aliphatic carbocycles. The lowest BCUT2D eigenvalue weighted by Gasteiger charge is -2.06. The van der Waals surface area contributed by atoms with Crippen LogP contribution in [0.2, 0.25) is 5.02 Å². The lowest BCUT2D eigenvalue weighted by Crippen LogP contribution is -1.90. The highest BCUT2D eigenvalue weighted by atomic mass is 35.5. The largest absolute Gasteiger partial charge is 0.243 e. The van der Waals surface area contributed by atoms with E-state index in [9.17, 15) is 4.39 Å². The highest BCUT2D eigenvalue weighted by Gasteiger charge is 2.08.